The molecule has 0 aliphatic carbocycles. The molecule has 0 fully saturated rings. The zero-order valence-corrected chi connectivity index (χ0v) is 17.2. The standard InChI is InChI=1S/C19H23ClN2O4S/c1-5-19(2,3)21-18(23)13-7-6-8-15(11-13)27(24,25)22-16-12-14(20)9-10-17(16)26-4/h6-12,22H,5H2,1-4H3,(H,21,23). The van der Waals surface area contributed by atoms with Crippen molar-refractivity contribution < 1.29 is 17.9 Å². The summed E-state index contributed by atoms with van der Waals surface area (Å²) in [5.41, 5.74) is 0.0858. The second kappa shape index (κ2) is 8.19. The maximum Gasteiger partial charge on any atom is 0.262 e. The maximum absolute atomic E-state index is 12.8. The third-order valence-electron chi connectivity index (χ3n) is 4.15. The number of hydrogen-bond acceptors (Lipinski definition) is 4. The minimum absolute atomic E-state index is 0.0357. The molecule has 2 N–H and O–H groups in total. The molecule has 0 spiro atoms. The van der Waals surface area contributed by atoms with Crippen LogP contribution in [-0.2, 0) is 10.0 Å². The second-order valence-electron chi connectivity index (χ2n) is 6.67. The quantitative estimate of drug-likeness (QED) is 0.720. The lowest BCUT2D eigenvalue weighted by molar-refractivity contribution is 0.0911. The van der Waals surface area contributed by atoms with Gasteiger partial charge in [-0.2, -0.15) is 0 Å². The van der Waals surface area contributed by atoms with E-state index >= 15 is 0 Å². The lowest BCUT2D eigenvalue weighted by Gasteiger charge is -2.24. The summed E-state index contributed by atoms with van der Waals surface area (Å²) in [6.07, 6.45) is 0.743. The van der Waals surface area contributed by atoms with E-state index in [0.29, 0.717) is 10.8 Å². The molecule has 1 amide bonds. The van der Waals surface area contributed by atoms with Crippen LogP contribution < -0.4 is 14.8 Å². The number of anilines is 1. The Kier molecular flexibility index (Phi) is 6.38. The van der Waals surface area contributed by atoms with Crippen molar-refractivity contribution in [1.29, 1.82) is 0 Å². The number of hydrogen-bond donors (Lipinski definition) is 2. The van der Waals surface area contributed by atoms with Gasteiger partial charge in [0.2, 0.25) is 0 Å². The zero-order chi connectivity index (χ0) is 20.2. The summed E-state index contributed by atoms with van der Waals surface area (Å²) in [5, 5.41) is 3.25. The molecule has 27 heavy (non-hydrogen) atoms. The molecule has 0 unspecified atom stereocenters. The van der Waals surface area contributed by atoms with Crippen molar-refractivity contribution in [3.8, 4) is 5.75 Å². The molecule has 0 atom stereocenters. The Balaban J connectivity index is 2.32. The highest BCUT2D eigenvalue weighted by atomic mass is 35.5. The molecule has 0 bridgehead atoms. The molecule has 8 heteroatoms. The van der Waals surface area contributed by atoms with Gasteiger partial charge in [0.1, 0.15) is 5.75 Å². The minimum atomic E-state index is -3.94. The largest absolute Gasteiger partial charge is 0.495 e. The SMILES string of the molecule is CCC(C)(C)NC(=O)c1cccc(S(=O)(=O)Nc2cc(Cl)ccc2OC)c1. The highest BCUT2D eigenvalue weighted by Crippen LogP contribution is 2.30. The molecule has 146 valence electrons. The Morgan fingerprint density at radius 1 is 1.19 bits per heavy atom. The normalized spacial score (nSPS) is 11.7. The van der Waals surface area contributed by atoms with Gasteiger partial charge in [-0.3, -0.25) is 9.52 Å². The highest BCUT2D eigenvalue weighted by Gasteiger charge is 2.22. The number of sulfonamides is 1. The van der Waals surface area contributed by atoms with Crippen LogP contribution in [0.2, 0.25) is 5.02 Å². The van der Waals surface area contributed by atoms with Gasteiger partial charge in [0, 0.05) is 16.1 Å². The number of carbonyl (C=O) groups excluding carboxylic acids is 1. The zero-order valence-electron chi connectivity index (χ0n) is 15.7. The van der Waals surface area contributed by atoms with Crippen molar-refractivity contribution in [3.05, 3.63) is 53.1 Å². The first-order chi connectivity index (χ1) is 12.6. The molecule has 0 saturated carbocycles. The topological polar surface area (TPSA) is 84.5 Å². The number of methoxy groups -OCH3 is 1. The molecule has 2 aromatic carbocycles. The molecule has 0 aliphatic heterocycles. The van der Waals surface area contributed by atoms with E-state index in [1.165, 1.54) is 31.4 Å². The molecule has 0 radical (unpaired) electrons. The van der Waals surface area contributed by atoms with Crippen LogP contribution in [0.15, 0.2) is 47.4 Å². The molecule has 0 aliphatic rings. The van der Waals surface area contributed by atoms with Crippen LogP contribution in [0.1, 0.15) is 37.6 Å². The molecular weight excluding hydrogens is 388 g/mol. The van der Waals surface area contributed by atoms with Gasteiger partial charge in [0.15, 0.2) is 0 Å². The van der Waals surface area contributed by atoms with E-state index in [9.17, 15) is 13.2 Å². The smallest absolute Gasteiger partial charge is 0.262 e. The summed E-state index contributed by atoms with van der Waals surface area (Å²) in [6, 6.07) is 10.5. The number of amides is 1. The minimum Gasteiger partial charge on any atom is -0.495 e. The lowest BCUT2D eigenvalue weighted by Crippen LogP contribution is -2.42. The summed E-state index contributed by atoms with van der Waals surface area (Å²) in [4.78, 5) is 12.4. The molecule has 0 saturated heterocycles. The Morgan fingerprint density at radius 3 is 2.52 bits per heavy atom. The fraction of sp³-hybridized carbons (Fsp3) is 0.316. The molecule has 2 aromatic rings. The van der Waals surface area contributed by atoms with E-state index in [-0.39, 0.29) is 22.1 Å². The summed E-state index contributed by atoms with van der Waals surface area (Å²) >= 11 is 5.95. The van der Waals surface area contributed by atoms with Gasteiger partial charge >= 0.3 is 0 Å². The van der Waals surface area contributed by atoms with Gasteiger partial charge in [-0.25, -0.2) is 8.42 Å². The maximum atomic E-state index is 12.8. The van der Waals surface area contributed by atoms with Crippen LogP contribution in [0.4, 0.5) is 5.69 Å². The number of nitrogens with one attached hydrogen (secondary N) is 2. The van der Waals surface area contributed by atoms with E-state index in [1.807, 2.05) is 20.8 Å². The third kappa shape index (κ3) is 5.37. The predicted octanol–water partition coefficient (Wildman–Crippen LogP) is 4.07. The van der Waals surface area contributed by atoms with Crippen LogP contribution in [-0.4, -0.2) is 27.0 Å². The predicted molar refractivity (Wildman–Crippen MR) is 107 cm³/mol. The first kappa shape index (κ1) is 21.1. The second-order valence-corrected chi connectivity index (χ2v) is 8.79. The Labute approximate surface area is 164 Å². The molecule has 2 rings (SSSR count). The van der Waals surface area contributed by atoms with Gasteiger partial charge < -0.3 is 10.1 Å². The van der Waals surface area contributed by atoms with E-state index in [0.717, 1.165) is 6.42 Å². The van der Waals surface area contributed by atoms with Crippen molar-refractivity contribution in [2.75, 3.05) is 11.8 Å². The van der Waals surface area contributed by atoms with Crippen molar-refractivity contribution in [2.45, 2.75) is 37.6 Å². The van der Waals surface area contributed by atoms with Crippen LogP contribution >= 0.6 is 11.6 Å². The fourth-order valence-corrected chi connectivity index (χ4v) is 3.51. The average molecular weight is 411 g/mol. The summed E-state index contributed by atoms with van der Waals surface area (Å²) < 4.78 is 33.1. The van der Waals surface area contributed by atoms with Crippen molar-refractivity contribution in [3.63, 3.8) is 0 Å². The third-order valence-corrected chi connectivity index (χ3v) is 5.75. The van der Waals surface area contributed by atoms with E-state index in [4.69, 9.17) is 16.3 Å². The van der Waals surface area contributed by atoms with Crippen LogP contribution in [0.25, 0.3) is 0 Å². The molecule has 0 aromatic heterocycles. The van der Waals surface area contributed by atoms with Crippen LogP contribution in [0.3, 0.4) is 0 Å². The van der Waals surface area contributed by atoms with E-state index < -0.39 is 15.6 Å². The van der Waals surface area contributed by atoms with Crippen LogP contribution in [0.5, 0.6) is 5.75 Å². The van der Waals surface area contributed by atoms with Gasteiger partial charge in [0.25, 0.3) is 15.9 Å². The number of rotatable bonds is 7. The monoisotopic (exact) mass is 410 g/mol. The lowest BCUT2D eigenvalue weighted by atomic mass is 10.0. The fourth-order valence-electron chi connectivity index (χ4n) is 2.24. The average Bonchev–Trinajstić information content (AvgIpc) is 2.61. The first-order valence-electron chi connectivity index (χ1n) is 8.37. The van der Waals surface area contributed by atoms with Crippen molar-refractivity contribution in [1.82, 2.24) is 5.32 Å². The Hall–Kier alpha value is -2.25. The summed E-state index contributed by atoms with van der Waals surface area (Å²) in [7, 11) is -2.50. The van der Waals surface area contributed by atoms with Gasteiger partial charge in [-0.05, 0) is 56.7 Å². The Bertz CT molecular complexity index is 942. The van der Waals surface area contributed by atoms with Gasteiger partial charge in [-0.1, -0.05) is 24.6 Å². The van der Waals surface area contributed by atoms with E-state index in [1.54, 1.807) is 18.2 Å². The number of benzene rings is 2. The van der Waals surface area contributed by atoms with Crippen LogP contribution in [0, 0.1) is 0 Å². The Morgan fingerprint density at radius 2 is 1.89 bits per heavy atom. The van der Waals surface area contributed by atoms with E-state index in [2.05, 4.69) is 10.0 Å². The number of ether oxygens (including phenoxy) is 1. The summed E-state index contributed by atoms with van der Waals surface area (Å²) in [5.74, 6) is 0.000745. The first-order valence-corrected chi connectivity index (χ1v) is 10.2. The molecule has 6 nitrogen and oxygen atoms in total. The van der Waals surface area contributed by atoms with Gasteiger partial charge in [-0.15, -0.1) is 0 Å². The summed E-state index contributed by atoms with van der Waals surface area (Å²) in [6.45, 7) is 5.76. The van der Waals surface area contributed by atoms with Crippen molar-refractivity contribution in [2.24, 2.45) is 0 Å². The van der Waals surface area contributed by atoms with Crippen molar-refractivity contribution >= 4 is 33.2 Å². The number of halogens is 1. The highest BCUT2D eigenvalue weighted by molar-refractivity contribution is 7.92. The molecule has 0 heterocycles. The number of carbonyl (C=O) groups is 1. The molecular formula is C19H23ClN2O4S. The van der Waals surface area contributed by atoms with Gasteiger partial charge in [0.05, 0.1) is 17.7 Å².